The molecule has 61 heavy (non-hydrogen) atoms. The molecule has 4 heterocycles. The molecule has 2 aliphatic heterocycles. The minimum Gasteiger partial charge on any atom is -0.340 e. The molecule has 3 amide bonds. The van der Waals surface area contributed by atoms with E-state index in [4.69, 9.17) is 9.97 Å². The highest BCUT2D eigenvalue weighted by Crippen LogP contribution is 2.37. The maximum absolute atomic E-state index is 14.1. The van der Waals surface area contributed by atoms with Crippen LogP contribution in [-0.2, 0) is 14.4 Å². The lowest BCUT2D eigenvalue weighted by molar-refractivity contribution is -0.138. The fourth-order valence-corrected chi connectivity index (χ4v) is 8.70. The summed E-state index contributed by atoms with van der Waals surface area (Å²) in [6, 6.07) is 34.2. The van der Waals surface area contributed by atoms with Gasteiger partial charge in [0.05, 0.1) is 35.9 Å². The predicted octanol–water partition coefficient (Wildman–Crippen LogP) is 7.76. The largest absolute Gasteiger partial charge is 0.340 e. The Bertz CT molecular complexity index is 2550. The average molecular weight is 811 g/mol. The summed E-state index contributed by atoms with van der Waals surface area (Å²) in [5.74, 6) is 8.08. The summed E-state index contributed by atoms with van der Waals surface area (Å²) in [4.78, 5) is 63.1. The zero-order valence-electron chi connectivity index (χ0n) is 34.6. The standard InChI is InChI=1S/C50H50N8O3/c1-56(2)45(38-13-7-4-8-14-38)50(61)58-30-10-16-43(58)47-52-32-41(54-47)36-25-21-34(22-26-36)18-17-33-19-23-35(24-20-33)40-31-51-46(53-40)42-15-9-29-57(42)49(60)44(37-11-5-3-6-12-37)55-48(59)39-27-28-39/h3-8,11-14,19-26,31-32,39,42-45H,9-10,15-16,27-30H2,1-2H3,(H,51,53)(H,52,54)(H,55,59)/t42-,43-,44+,45+/m0/s1. The summed E-state index contributed by atoms with van der Waals surface area (Å²) in [7, 11) is 3.90. The van der Waals surface area contributed by atoms with E-state index in [1.807, 2.05) is 150 Å². The molecule has 4 aromatic carbocycles. The Hall–Kier alpha value is -6.77. The van der Waals surface area contributed by atoms with Gasteiger partial charge in [0.1, 0.15) is 23.7 Å². The van der Waals surface area contributed by atoms with Gasteiger partial charge in [-0.15, -0.1) is 0 Å². The Morgan fingerprint density at radius 3 is 1.59 bits per heavy atom. The van der Waals surface area contributed by atoms with Crippen molar-refractivity contribution < 1.29 is 14.4 Å². The molecule has 308 valence electrons. The lowest BCUT2D eigenvalue weighted by Crippen LogP contribution is -2.43. The van der Waals surface area contributed by atoms with Crippen LogP contribution in [0.25, 0.3) is 22.5 Å². The van der Waals surface area contributed by atoms with E-state index in [9.17, 15) is 14.4 Å². The van der Waals surface area contributed by atoms with E-state index in [1.54, 1.807) is 0 Å². The molecular formula is C50H50N8O3. The number of aromatic nitrogens is 4. The van der Waals surface area contributed by atoms with Crippen molar-refractivity contribution in [3.05, 3.63) is 155 Å². The second kappa shape index (κ2) is 17.4. The normalized spacial score (nSPS) is 18.4. The van der Waals surface area contributed by atoms with Gasteiger partial charge in [0.2, 0.25) is 17.7 Å². The maximum Gasteiger partial charge on any atom is 0.250 e. The van der Waals surface area contributed by atoms with Crippen molar-refractivity contribution in [1.29, 1.82) is 0 Å². The second-order valence-corrected chi connectivity index (χ2v) is 16.6. The van der Waals surface area contributed by atoms with E-state index in [0.717, 1.165) is 94.9 Å². The van der Waals surface area contributed by atoms with E-state index >= 15 is 0 Å². The zero-order chi connectivity index (χ0) is 41.9. The van der Waals surface area contributed by atoms with Gasteiger partial charge in [0, 0.05) is 30.1 Å². The molecule has 1 saturated carbocycles. The number of amides is 3. The van der Waals surface area contributed by atoms with E-state index in [-0.39, 0.29) is 41.8 Å². The van der Waals surface area contributed by atoms with Crippen LogP contribution in [0.2, 0.25) is 0 Å². The van der Waals surface area contributed by atoms with Crippen molar-refractivity contribution >= 4 is 17.7 Å². The number of H-pyrrole nitrogens is 2. The zero-order valence-corrected chi connectivity index (χ0v) is 34.6. The van der Waals surface area contributed by atoms with E-state index in [2.05, 4.69) is 27.1 Å². The fourth-order valence-electron chi connectivity index (χ4n) is 8.70. The molecule has 9 rings (SSSR count). The molecule has 0 radical (unpaired) electrons. The monoisotopic (exact) mass is 810 g/mol. The highest BCUT2D eigenvalue weighted by molar-refractivity contribution is 5.90. The van der Waals surface area contributed by atoms with Crippen LogP contribution in [-0.4, -0.2) is 79.5 Å². The third-order valence-corrected chi connectivity index (χ3v) is 12.1. The van der Waals surface area contributed by atoms with Gasteiger partial charge in [-0.1, -0.05) is 96.8 Å². The minimum absolute atomic E-state index is 0.00517. The molecule has 0 spiro atoms. The topological polar surface area (TPSA) is 130 Å². The van der Waals surface area contributed by atoms with Crippen LogP contribution in [0.5, 0.6) is 0 Å². The van der Waals surface area contributed by atoms with Gasteiger partial charge < -0.3 is 25.1 Å². The number of carbonyl (C=O) groups excluding carboxylic acids is 3. The van der Waals surface area contributed by atoms with E-state index in [1.165, 1.54) is 0 Å². The van der Waals surface area contributed by atoms with Crippen LogP contribution in [0.4, 0.5) is 0 Å². The summed E-state index contributed by atoms with van der Waals surface area (Å²) >= 11 is 0. The molecule has 4 atom stereocenters. The van der Waals surface area contributed by atoms with Crippen molar-refractivity contribution in [1.82, 2.24) is 40.0 Å². The number of benzene rings is 4. The molecule has 0 bridgehead atoms. The van der Waals surface area contributed by atoms with Gasteiger partial charge >= 0.3 is 0 Å². The number of likely N-dealkylation sites (tertiary alicyclic amines) is 2. The molecule has 0 unspecified atom stereocenters. The number of hydrogen-bond donors (Lipinski definition) is 3. The molecular weight excluding hydrogens is 761 g/mol. The van der Waals surface area contributed by atoms with Gasteiger partial charge in [-0.05, 0) is 99.1 Å². The number of aromatic amines is 2. The third-order valence-electron chi connectivity index (χ3n) is 12.1. The highest BCUT2D eigenvalue weighted by atomic mass is 16.2. The van der Waals surface area contributed by atoms with Gasteiger partial charge in [0.25, 0.3) is 0 Å². The SMILES string of the molecule is CN(C)[C@@H](C(=O)N1CCC[C@H]1c1ncc(-c2ccc(C#Cc3ccc(-c4cnc([C@@H]5CCCN5C(=O)[C@H](NC(=O)C5CC5)c5ccccc5)[nH]4)cc3)cc2)[nH]1)c1ccccc1. The van der Waals surface area contributed by atoms with Crippen molar-refractivity contribution in [3.63, 3.8) is 0 Å². The van der Waals surface area contributed by atoms with Crippen LogP contribution in [0.15, 0.2) is 122 Å². The Morgan fingerprint density at radius 1 is 0.639 bits per heavy atom. The lowest BCUT2D eigenvalue weighted by atomic mass is 10.0. The predicted molar refractivity (Wildman–Crippen MR) is 234 cm³/mol. The molecule has 11 nitrogen and oxygen atoms in total. The minimum atomic E-state index is -0.726. The first kappa shape index (κ1) is 39.7. The van der Waals surface area contributed by atoms with Crippen LogP contribution in [0, 0.1) is 17.8 Å². The first-order chi connectivity index (χ1) is 29.8. The van der Waals surface area contributed by atoms with Crippen LogP contribution in [0.1, 0.15) is 96.6 Å². The summed E-state index contributed by atoms with van der Waals surface area (Å²) in [5, 5.41) is 3.05. The van der Waals surface area contributed by atoms with E-state index in [0.29, 0.717) is 13.1 Å². The van der Waals surface area contributed by atoms with Crippen molar-refractivity contribution in [3.8, 4) is 34.4 Å². The second-order valence-electron chi connectivity index (χ2n) is 16.6. The lowest BCUT2D eigenvalue weighted by Gasteiger charge is -2.31. The number of hydrogen-bond acceptors (Lipinski definition) is 6. The van der Waals surface area contributed by atoms with Crippen molar-refractivity contribution in [2.75, 3.05) is 27.2 Å². The molecule has 11 heteroatoms. The number of likely N-dealkylation sites (N-methyl/N-ethyl adjacent to an activating group) is 1. The summed E-state index contributed by atoms with van der Waals surface area (Å²) in [6.07, 6.45) is 8.88. The molecule has 1 aliphatic carbocycles. The number of nitrogens with one attached hydrogen (secondary N) is 3. The molecule has 6 aromatic rings. The Balaban J connectivity index is 0.833. The van der Waals surface area contributed by atoms with Crippen LogP contribution in [0.3, 0.4) is 0 Å². The van der Waals surface area contributed by atoms with Gasteiger partial charge in [0.15, 0.2) is 0 Å². The van der Waals surface area contributed by atoms with Crippen LogP contribution < -0.4 is 5.32 Å². The molecule has 3 fully saturated rings. The Labute approximate surface area is 356 Å². The number of imidazole rings is 2. The molecule has 2 aromatic heterocycles. The Morgan fingerprint density at radius 2 is 1.11 bits per heavy atom. The number of nitrogens with zero attached hydrogens (tertiary/aromatic N) is 5. The Kier molecular flexibility index (Phi) is 11.3. The van der Waals surface area contributed by atoms with Crippen LogP contribution >= 0.6 is 0 Å². The van der Waals surface area contributed by atoms with E-state index < -0.39 is 6.04 Å². The van der Waals surface area contributed by atoms with Crippen molar-refractivity contribution in [2.24, 2.45) is 5.92 Å². The summed E-state index contributed by atoms with van der Waals surface area (Å²) < 4.78 is 0. The molecule has 3 N–H and O–H groups in total. The maximum atomic E-state index is 14.1. The quantitative estimate of drug-likeness (QED) is 0.115. The number of rotatable bonds is 11. The first-order valence-electron chi connectivity index (χ1n) is 21.3. The smallest absolute Gasteiger partial charge is 0.250 e. The summed E-state index contributed by atoms with van der Waals surface area (Å²) in [5.41, 5.74) is 7.30. The fraction of sp³-hybridized carbons (Fsp3) is 0.300. The van der Waals surface area contributed by atoms with Crippen molar-refractivity contribution in [2.45, 2.75) is 62.7 Å². The molecule has 3 aliphatic rings. The summed E-state index contributed by atoms with van der Waals surface area (Å²) in [6.45, 7) is 1.32. The third kappa shape index (κ3) is 8.63. The first-order valence-corrected chi connectivity index (χ1v) is 21.3. The average Bonchev–Trinajstić information content (AvgIpc) is 3.73. The highest BCUT2D eigenvalue weighted by Gasteiger charge is 2.40. The molecule has 2 saturated heterocycles. The number of carbonyl (C=O) groups is 3. The van der Waals surface area contributed by atoms with Gasteiger partial charge in [-0.2, -0.15) is 0 Å². The van der Waals surface area contributed by atoms with Gasteiger partial charge in [-0.3, -0.25) is 19.3 Å². The van der Waals surface area contributed by atoms with Gasteiger partial charge in [-0.25, -0.2) is 9.97 Å².